The van der Waals surface area contributed by atoms with Gasteiger partial charge in [0, 0.05) is 17.0 Å². The number of methoxy groups -OCH3 is 1. The molecule has 0 aliphatic heterocycles. The zero-order chi connectivity index (χ0) is 15.2. The van der Waals surface area contributed by atoms with Crippen molar-refractivity contribution >= 4 is 23.0 Å². The van der Waals surface area contributed by atoms with E-state index in [-0.39, 0.29) is 11.7 Å². The molecule has 0 atom stereocenters. The topological polar surface area (TPSA) is 55.4 Å². The lowest BCUT2D eigenvalue weighted by molar-refractivity contribution is 0.0953. The molecule has 1 N–H and O–H groups in total. The minimum absolute atomic E-state index is 0.0773. The predicted molar refractivity (Wildman–Crippen MR) is 83.4 cm³/mol. The van der Waals surface area contributed by atoms with Gasteiger partial charge in [0.15, 0.2) is 5.78 Å². The Morgan fingerprint density at radius 3 is 2.43 bits per heavy atom. The standard InChI is InChI=1S/C16H17NO3S/c1-11(18)15-8-7-14(21-15)9-10-17-16(19)12-3-5-13(20-2)6-4-12/h3-8H,9-10H2,1-2H3,(H,17,19). The van der Waals surface area contributed by atoms with E-state index in [1.54, 1.807) is 38.3 Å². The molecule has 0 spiro atoms. The van der Waals surface area contributed by atoms with Crippen molar-refractivity contribution < 1.29 is 14.3 Å². The Morgan fingerprint density at radius 1 is 1.14 bits per heavy atom. The molecular formula is C16H17NO3S. The molecule has 0 aliphatic carbocycles. The molecule has 110 valence electrons. The molecule has 0 fully saturated rings. The van der Waals surface area contributed by atoms with Gasteiger partial charge in [-0.25, -0.2) is 0 Å². The second-order valence-corrected chi connectivity index (χ2v) is 5.72. The van der Waals surface area contributed by atoms with Crippen molar-refractivity contribution in [2.45, 2.75) is 13.3 Å². The average molecular weight is 303 g/mol. The summed E-state index contributed by atoms with van der Waals surface area (Å²) in [6, 6.07) is 10.7. The van der Waals surface area contributed by atoms with E-state index in [9.17, 15) is 9.59 Å². The lowest BCUT2D eigenvalue weighted by Gasteiger charge is -2.05. The van der Waals surface area contributed by atoms with Gasteiger partial charge in [-0.1, -0.05) is 0 Å². The Labute approximate surface area is 127 Å². The molecule has 1 heterocycles. The van der Waals surface area contributed by atoms with Crippen LogP contribution in [-0.2, 0) is 6.42 Å². The van der Waals surface area contributed by atoms with Crippen molar-refractivity contribution in [1.29, 1.82) is 0 Å². The van der Waals surface area contributed by atoms with Crippen molar-refractivity contribution in [2.75, 3.05) is 13.7 Å². The third kappa shape index (κ3) is 4.16. The normalized spacial score (nSPS) is 10.2. The SMILES string of the molecule is COc1ccc(C(=O)NCCc2ccc(C(C)=O)s2)cc1. The Kier molecular flexibility index (Phi) is 5.11. The molecule has 2 rings (SSSR count). The molecule has 0 unspecified atom stereocenters. The first-order valence-electron chi connectivity index (χ1n) is 6.62. The van der Waals surface area contributed by atoms with Crippen LogP contribution in [0.3, 0.4) is 0 Å². The number of carbonyl (C=O) groups is 2. The number of ketones is 1. The van der Waals surface area contributed by atoms with Gasteiger partial charge in [-0.2, -0.15) is 0 Å². The van der Waals surface area contributed by atoms with Crippen LogP contribution in [0.5, 0.6) is 5.75 Å². The van der Waals surface area contributed by atoms with Crippen LogP contribution in [0.15, 0.2) is 36.4 Å². The first-order chi connectivity index (χ1) is 10.1. The average Bonchev–Trinajstić information content (AvgIpc) is 2.96. The van der Waals surface area contributed by atoms with E-state index in [1.165, 1.54) is 11.3 Å². The van der Waals surface area contributed by atoms with E-state index in [2.05, 4.69) is 5.32 Å². The highest BCUT2D eigenvalue weighted by atomic mass is 32.1. The summed E-state index contributed by atoms with van der Waals surface area (Å²) in [6.07, 6.45) is 0.722. The minimum Gasteiger partial charge on any atom is -0.497 e. The van der Waals surface area contributed by atoms with Crippen LogP contribution in [0.2, 0.25) is 0 Å². The fourth-order valence-corrected chi connectivity index (χ4v) is 2.75. The largest absolute Gasteiger partial charge is 0.497 e. The van der Waals surface area contributed by atoms with Crippen LogP contribution in [0, 0.1) is 0 Å². The summed E-state index contributed by atoms with van der Waals surface area (Å²) < 4.78 is 5.05. The van der Waals surface area contributed by atoms with Gasteiger partial charge in [-0.3, -0.25) is 9.59 Å². The molecular weight excluding hydrogens is 286 g/mol. The number of hydrogen-bond donors (Lipinski definition) is 1. The zero-order valence-electron chi connectivity index (χ0n) is 12.0. The van der Waals surface area contributed by atoms with Gasteiger partial charge >= 0.3 is 0 Å². The molecule has 2 aromatic rings. The van der Waals surface area contributed by atoms with Gasteiger partial charge in [0.2, 0.25) is 0 Å². The van der Waals surface area contributed by atoms with E-state index in [4.69, 9.17) is 4.74 Å². The van der Waals surface area contributed by atoms with E-state index in [0.717, 1.165) is 21.9 Å². The Bertz CT molecular complexity index is 631. The molecule has 0 radical (unpaired) electrons. The fraction of sp³-hybridized carbons (Fsp3) is 0.250. The number of nitrogens with one attached hydrogen (secondary N) is 1. The van der Waals surface area contributed by atoms with Crippen LogP contribution in [0.25, 0.3) is 0 Å². The van der Waals surface area contributed by atoms with Gasteiger partial charge in [0.25, 0.3) is 5.91 Å². The number of ether oxygens (including phenoxy) is 1. The van der Waals surface area contributed by atoms with Crippen LogP contribution >= 0.6 is 11.3 Å². The molecule has 0 bridgehead atoms. The lowest BCUT2D eigenvalue weighted by atomic mass is 10.2. The quantitative estimate of drug-likeness (QED) is 0.835. The molecule has 21 heavy (non-hydrogen) atoms. The van der Waals surface area contributed by atoms with E-state index < -0.39 is 0 Å². The molecule has 4 nitrogen and oxygen atoms in total. The molecule has 0 saturated heterocycles. The van der Waals surface area contributed by atoms with Crippen molar-refractivity contribution in [3.8, 4) is 5.75 Å². The van der Waals surface area contributed by atoms with Crippen LogP contribution in [-0.4, -0.2) is 25.3 Å². The summed E-state index contributed by atoms with van der Waals surface area (Å²) in [4.78, 5) is 25.0. The molecule has 1 aromatic carbocycles. The number of hydrogen-bond acceptors (Lipinski definition) is 4. The minimum atomic E-state index is -0.110. The van der Waals surface area contributed by atoms with Crippen molar-refractivity contribution in [3.63, 3.8) is 0 Å². The number of carbonyl (C=O) groups excluding carboxylic acids is 2. The second kappa shape index (κ2) is 7.04. The molecule has 1 aromatic heterocycles. The Morgan fingerprint density at radius 2 is 1.86 bits per heavy atom. The van der Waals surface area contributed by atoms with Crippen molar-refractivity contribution in [1.82, 2.24) is 5.32 Å². The van der Waals surface area contributed by atoms with Crippen LogP contribution in [0.4, 0.5) is 0 Å². The monoisotopic (exact) mass is 303 g/mol. The number of benzene rings is 1. The van der Waals surface area contributed by atoms with Gasteiger partial charge in [-0.15, -0.1) is 11.3 Å². The van der Waals surface area contributed by atoms with E-state index in [0.29, 0.717) is 12.1 Å². The first-order valence-corrected chi connectivity index (χ1v) is 7.43. The summed E-state index contributed by atoms with van der Waals surface area (Å²) in [5, 5.41) is 2.87. The zero-order valence-corrected chi connectivity index (χ0v) is 12.8. The highest BCUT2D eigenvalue weighted by Gasteiger charge is 2.07. The van der Waals surface area contributed by atoms with Gasteiger partial charge < -0.3 is 10.1 Å². The maximum atomic E-state index is 11.9. The maximum absolute atomic E-state index is 11.9. The van der Waals surface area contributed by atoms with Crippen molar-refractivity contribution in [3.05, 3.63) is 51.7 Å². The second-order valence-electron chi connectivity index (χ2n) is 4.56. The van der Waals surface area contributed by atoms with Crippen LogP contribution < -0.4 is 10.1 Å². The fourth-order valence-electron chi connectivity index (χ4n) is 1.85. The summed E-state index contributed by atoms with van der Waals surface area (Å²) in [5.41, 5.74) is 0.603. The van der Waals surface area contributed by atoms with E-state index in [1.807, 2.05) is 12.1 Å². The summed E-state index contributed by atoms with van der Waals surface area (Å²) in [5.74, 6) is 0.691. The van der Waals surface area contributed by atoms with Gasteiger partial charge in [0.05, 0.1) is 12.0 Å². The Hall–Kier alpha value is -2.14. The molecule has 0 aliphatic rings. The Balaban J connectivity index is 1.84. The van der Waals surface area contributed by atoms with E-state index >= 15 is 0 Å². The summed E-state index contributed by atoms with van der Waals surface area (Å²) in [7, 11) is 1.59. The lowest BCUT2D eigenvalue weighted by Crippen LogP contribution is -2.25. The highest BCUT2D eigenvalue weighted by Crippen LogP contribution is 2.17. The van der Waals surface area contributed by atoms with Crippen LogP contribution in [0.1, 0.15) is 31.8 Å². The van der Waals surface area contributed by atoms with Crippen molar-refractivity contribution in [2.24, 2.45) is 0 Å². The third-order valence-corrected chi connectivity index (χ3v) is 4.26. The number of thiophene rings is 1. The number of rotatable bonds is 6. The molecule has 5 heteroatoms. The summed E-state index contributed by atoms with van der Waals surface area (Å²) >= 11 is 1.48. The highest BCUT2D eigenvalue weighted by molar-refractivity contribution is 7.14. The predicted octanol–water partition coefficient (Wildman–Crippen LogP) is 2.93. The molecule has 0 saturated carbocycles. The smallest absolute Gasteiger partial charge is 0.251 e. The number of amides is 1. The first kappa shape index (κ1) is 15.3. The summed E-state index contributed by atoms with van der Waals surface area (Å²) in [6.45, 7) is 2.10. The maximum Gasteiger partial charge on any atom is 0.251 e. The number of Topliss-reactive ketones (excluding diaryl/α,β-unsaturated/α-hetero) is 1. The van der Waals surface area contributed by atoms with Gasteiger partial charge in [-0.05, 0) is 49.7 Å². The third-order valence-electron chi connectivity index (χ3n) is 3.02. The van der Waals surface area contributed by atoms with Gasteiger partial charge in [0.1, 0.15) is 5.75 Å². The molecule has 1 amide bonds.